The zero-order chi connectivity index (χ0) is 29.8. The summed E-state index contributed by atoms with van der Waals surface area (Å²) in [4.78, 5) is 0. The molecule has 44 heavy (non-hydrogen) atoms. The smallest absolute Gasteiger partial charge is 0.135 e. The fraction of sp³-hybridized carbons (Fsp3) is 0. The molecule has 8 aromatic rings. The van der Waals surface area contributed by atoms with E-state index in [2.05, 4.69) is 48.5 Å². The van der Waals surface area contributed by atoms with Crippen molar-refractivity contribution in [3.8, 4) is 51.6 Å². The highest BCUT2D eigenvalue weighted by atomic mass is 16.3. The molecular weight excluding hydrogens is 542 g/mol. The number of nitrogens with zero attached hydrogens (tertiary/aromatic N) is 3. The van der Waals surface area contributed by atoms with Gasteiger partial charge < -0.3 is 8.83 Å². The van der Waals surface area contributed by atoms with Gasteiger partial charge in [-0.05, 0) is 112 Å². The summed E-state index contributed by atoms with van der Waals surface area (Å²) in [6, 6.07) is 43.8. The van der Waals surface area contributed by atoms with Crippen molar-refractivity contribution in [2.45, 2.75) is 0 Å². The molecule has 0 radical (unpaired) electrons. The number of hydrogen-bond acceptors (Lipinski definition) is 5. The molecule has 0 unspecified atom stereocenters. The van der Waals surface area contributed by atoms with Crippen molar-refractivity contribution in [3.63, 3.8) is 0 Å². The Balaban J connectivity index is 1.33. The molecule has 2 aromatic heterocycles. The molecule has 2 heterocycles. The molecule has 0 aliphatic rings. The number of fused-ring (bicyclic) bond motifs is 6. The lowest BCUT2D eigenvalue weighted by Crippen LogP contribution is -1.89. The van der Waals surface area contributed by atoms with Crippen LogP contribution in [0.3, 0.4) is 0 Å². The van der Waals surface area contributed by atoms with Crippen molar-refractivity contribution >= 4 is 43.9 Å². The van der Waals surface area contributed by atoms with Gasteiger partial charge in [-0.15, -0.1) is 0 Å². The quantitative estimate of drug-likeness (QED) is 0.214. The van der Waals surface area contributed by atoms with Gasteiger partial charge in [0.25, 0.3) is 0 Å². The van der Waals surface area contributed by atoms with Gasteiger partial charge in [-0.3, -0.25) is 0 Å². The van der Waals surface area contributed by atoms with Crippen LogP contribution in [0.2, 0.25) is 0 Å². The van der Waals surface area contributed by atoms with Crippen molar-refractivity contribution in [2.75, 3.05) is 0 Å². The van der Waals surface area contributed by atoms with Crippen LogP contribution in [0.25, 0.3) is 77.3 Å². The second kappa shape index (κ2) is 9.74. The Morgan fingerprint density at radius 3 is 1.43 bits per heavy atom. The highest BCUT2D eigenvalue weighted by molar-refractivity contribution is 6.08. The first-order chi connectivity index (χ1) is 21.6. The number of hydrogen-bond donors (Lipinski definition) is 0. The van der Waals surface area contributed by atoms with E-state index in [9.17, 15) is 15.8 Å². The topological polar surface area (TPSA) is 97.7 Å². The lowest BCUT2D eigenvalue weighted by Gasteiger charge is -2.14. The first-order valence-electron chi connectivity index (χ1n) is 14.0. The molecule has 0 fully saturated rings. The molecule has 0 aliphatic heterocycles. The third-order valence-electron chi connectivity index (χ3n) is 8.16. The predicted molar refractivity (Wildman–Crippen MR) is 171 cm³/mol. The minimum absolute atomic E-state index is 0.579. The summed E-state index contributed by atoms with van der Waals surface area (Å²) in [5.41, 5.74) is 10.7. The minimum atomic E-state index is 0.579. The van der Waals surface area contributed by atoms with Gasteiger partial charge in [0.2, 0.25) is 0 Å². The summed E-state index contributed by atoms with van der Waals surface area (Å²) in [6.07, 6.45) is 0. The van der Waals surface area contributed by atoms with Crippen molar-refractivity contribution in [3.05, 3.63) is 132 Å². The van der Waals surface area contributed by atoms with Crippen LogP contribution in [0.4, 0.5) is 0 Å². The van der Waals surface area contributed by atoms with Crippen LogP contribution < -0.4 is 0 Å². The summed E-state index contributed by atoms with van der Waals surface area (Å²) in [7, 11) is 0. The number of rotatable bonds is 3. The lowest BCUT2D eigenvalue weighted by molar-refractivity contribution is 0.668. The summed E-state index contributed by atoms with van der Waals surface area (Å²) in [5.74, 6) is 0. The molecule has 5 nitrogen and oxygen atoms in total. The van der Waals surface area contributed by atoms with Gasteiger partial charge in [-0.25, -0.2) is 0 Å². The molecule has 5 heteroatoms. The average molecular weight is 562 g/mol. The zero-order valence-corrected chi connectivity index (χ0v) is 23.1. The minimum Gasteiger partial charge on any atom is -0.456 e. The predicted octanol–water partition coefficient (Wildman–Crippen LogP) is 10.1. The van der Waals surface area contributed by atoms with E-state index >= 15 is 0 Å². The van der Waals surface area contributed by atoms with E-state index in [0.717, 1.165) is 77.3 Å². The largest absolute Gasteiger partial charge is 0.456 e. The second-order valence-corrected chi connectivity index (χ2v) is 10.7. The molecule has 0 spiro atoms. The first kappa shape index (κ1) is 25.1. The molecule has 202 valence electrons. The second-order valence-electron chi connectivity index (χ2n) is 10.7. The maximum Gasteiger partial charge on any atom is 0.135 e. The molecule has 0 saturated heterocycles. The van der Waals surface area contributed by atoms with Crippen LogP contribution in [-0.2, 0) is 0 Å². The highest BCUT2D eigenvalue weighted by Crippen LogP contribution is 2.40. The van der Waals surface area contributed by atoms with Crippen molar-refractivity contribution in [2.24, 2.45) is 0 Å². The van der Waals surface area contributed by atoms with Gasteiger partial charge >= 0.3 is 0 Å². The van der Waals surface area contributed by atoms with Crippen molar-refractivity contribution in [1.29, 1.82) is 15.8 Å². The van der Waals surface area contributed by atoms with E-state index in [-0.39, 0.29) is 0 Å². The Kier molecular flexibility index (Phi) is 5.56. The summed E-state index contributed by atoms with van der Waals surface area (Å²) < 4.78 is 12.1. The van der Waals surface area contributed by atoms with E-state index in [0.29, 0.717) is 16.7 Å². The average Bonchev–Trinajstić information content (AvgIpc) is 3.64. The monoisotopic (exact) mass is 561 g/mol. The Hall–Kier alpha value is -6.61. The normalized spacial score (nSPS) is 11.1. The lowest BCUT2D eigenvalue weighted by atomic mass is 9.90. The Bertz CT molecular complexity index is 2600. The zero-order valence-electron chi connectivity index (χ0n) is 23.1. The Morgan fingerprint density at radius 2 is 0.818 bits per heavy atom. The number of benzene rings is 6. The highest BCUT2D eigenvalue weighted by Gasteiger charge is 2.15. The van der Waals surface area contributed by atoms with E-state index < -0.39 is 0 Å². The molecule has 0 bridgehead atoms. The standard InChI is InChI=1S/C39H19N3O2/c40-20-23-2-1-3-28(14-23)31-17-26(27-7-12-38-34(18-27)32-15-24(21-41)4-10-36(32)43-38)6-9-30(31)29-8-13-39-35(19-29)33-16-25(22-42)5-11-37(33)44-39/h1-19H. The van der Waals surface area contributed by atoms with Crippen LogP contribution in [0.5, 0.6) is 0 Å². The summed E-state index contributed by atoms with van der Waals surface area (Å²) >= 11 is 0. The van der Waals surface area contributed by atoms with E-state index in [4.69, 9.17) is 8.83 Å². The molecule has 0 amide bonds. The SMILES string of the molecule is N#Cc1cccc(-c2cc(-c3ccc4oc5ccc(C#N)cc5c4c3)ccc2-c2ccc3oc4ccc(C#N)cc4c3c2)c1. The van der Waals surface area contributed by atoms with Gasteiger partial charge in [0, 0.05) is 21.5 Å². The molecule has 0 saturated carbocycles. The van der Waals surface area contributed by atoms with Crippen LogP contribution in [-0.4, -0.2) is 0 Å². The Morgan fingerprint density at radius 1 is 0.364 bits per heavy atom. The van der Waals surface area contributed by atoms with Crippen molar-refractivity contribution < 1.29 is 8.83 Å². The molecule has 6 aromatic carbocycles. The van der Waals surface area contributed by atoms with E-state index in [1.54, 1.807) is 18.2 Å². The molecule has 0 aliphatic carbocycles. The Labute approximate surface area is 251 Å². The van der Waals surface area contributed by atoms with Crippen LogP contribution in [0.15, 0.2) is 124 Å². The molecule has 0 atom stereocenters. The fourth-order valence-electron chi connectivity index (χ4n) is 6.01. The van der Waals surface area contributed by atoms with E-state index in [1.165, 1.54) is 0 Å². The molecule has 8 rings (SSSR count). The van der Waals surface area contributed by atoms with Crippen LogP contribution >= 0.6 is 0 Å². The van der Waals surface area contributed by atoms with Gasteiger partial charge in [-0.2, -0.15) is 15.8 Å². The van der Waals surface area contributed by atoms with Crippen LogP contribution in [0, 0.1) is 34.0 Å². The van der Waals surface area contributed by atoms with Gasteiger partial charge in [0.15, 0.2) is 0 Å². The first-order valence-corrected chi connectivity index (χ1v) is 14.0. The maximum atomic E-state index is 9.66. The summed E-state index contributed by atoms with van der Waals surface area (Å²) in [5, 5.41) is 32.2. The third kappa shape index (κ3) is 3.99. The van der Waals surface area contributed by atoms with Crippen molar-refractivity contribution in [1.82, 2.24) is 0 Å². The fourth-order valence-corrected chi connectivity index (χ4v) is 6.01. The van der Waals surface area contributed by atoms with E-state index in [1.807, 2.05) is 66.7 Å². The van der Waals surface area contributed by atoms with Gasteiger partial charge in [0.1, 0.15) is 22.3 Å². The van der Waals surface area contributed by atoms with Gasteiger partial charge in [-0.1, -0.05) is 36.4 Å². The number of furan rings is 2. The maximum absolute atomic E-state index is 9.66. The van der Waals surface area contributed by atoms with Crippen LogP contribution in [0.1, 0.15) is 16.7 Å². The van der Waals surface area contributed by atoms with Gasteiger partial charge in [0.05, 0.1) is 34.9 Å². The third-order valence-corrected chi connectivity index (χ3v) is 8.16. The number of nitriles is 3. The molecular formula is C39H19N3O2. The molecule has 0 N–H and O–H groups in total. The summed E-state index contributed by atoms with van der Waals surface area (Å²) in [6.45, 7) is 0.